The van der Waals surface area contributed by atoms with Crippen LogP contribution in [-0.4, -0.2) is 11.1 Å². The van der Waals surface area contributed by atoms with Crippen molar-refractivity contribution in [2.24, 2.45) is 0 Å². The van der Waals surface area contributed by atoms with Crippen molar-refractivity contribution in [2.45, 2.75) is 20.3 Å². The molecule has 0 radical (unpaired) electrons. The van der Waals surface area contributed by atoms with Gasteiger partial charge in [-0.25, -0.2) is 4.57 Å². The molecule has 0 saturated carbocycles. The Kier molecular flexibility index (Phi) is 4.41. The molecule has 0 rings (SSSR count). The molecule has 0 aliphatic heterocycles. The van der Waals surface area contributed by atoms with Crippen LogP contribution in [-0.2, 0) is 9.09 Å². The summed E-state index contributed by atoms with van der Waals surface area (Å²) in [4.78, 5) is 8.83. The summed E-state index contributed by atoms with van der Waals surface area (Å²) in [5.74, 6) is 0. The molecule has 0 amide bonds. The van der Waals surface area contributed by atoms with Gasteiger partial charge >= 0.3 is 7.60 Å². The lowest BCUT2D eigenvalue weighted by atomic mass is 10.5. The fourth-order valence-electron chi connectivity index (χ4n) is 0.309. The Labute approximate surface area is 61.2 Å². The highest BCUT2D eigenvalue weighted by molar-refractivity contribution is 7.52. The van der Waals surface area contributed by atoms with Gasteiger partial charge in [-0.05, 0) is 12.5 Å². The van der Waals surface area contributed by atoms with Crippen LogP contribution in [0.3, 0.4) is 0 Å². The van der Waals surface area contributed by atoms with Gasteiger partial charge in [0.2, 0.25) is 0 Å². The molecule has 0 aliphatic carbocycles. The van der Waals surface area contributed by atoms with Gasteiger partial charge in [0.1, 0.15) is 0 Å². The van der Waals surface area contributed by atoms with Gasteiger partial charge in [-0.1, -0.05) is 13.8 Å². The van der Waals surface area contributed by atoms with Crippen LogP contribution in [0.2, 0.25) is 0 Å². The van der Waals surface area contributed by atoms with Crippen molar-refractivity contribution < 1.29 is 14.0 Å². The highest BCUT2D eigenvalue weighted by Gasteiger charge is 2.13. The largest absolute Gasteiger partial charge is 0.433 e. The second-order valence-corrected chi connectivity index (χ2v) is 3.96. The first-order chi connectivity index (χ1) is 4.62. The highest BCUT2D eigenvalue weighted by Crippen LogP contribution is 2.41. The van der Waals surface area contributed by atoms with Crippen molar-refractivity contribution in [3.63, 3.8) is 0 Å². The van der Waals surface area contributed by atoms with Gasteiger partial charge < -0.3 is 9.42 Å². The number of hydrogen-bond donors (Lipinski definition) is 1. The van der Waals surface area contributed by atoms with E-state index in [9.17, 15) is 4.57 Å². The molecular weight excluding hydrogens is 151 g/mol. The van der Waals surface area contributed by atoms with Crippen molar-refractivity contribution in [1.29, 1.82) is 0 Å². The van der Waals surface area contributed by atoms with Crippen molar-refractivity contribution in [1.82, 2.24) is 0 Å². The molecule has 4 heteroatoms. The molecular formula is C6H13O3P. The zero-order chi connectivity index (χ0) is 8.04. The van der Waals surface area contributed by atoms with Gasteiger partial charge in [-0.3, -0.25) is 0 Å². The van der Waals surface area contributed by atoms with E-state index in [1.165, 1.54) is 6.26 Å². The minimum atomic E-state index is -3.29. The van der Waals surface area contributed by atoms with E-state index in [4.69, 9.17) is 4.89 Å². The second-order valence-electron chi connectivity index (χ2n) is 1.84. The van der Waals surface area contributed by atoms with E-state index in [1.54, 1.807) is 13.0 Å². The van der Waals surface area contributed by atoms with Crippen LogP contribution in [0.5, 0.6) is 0 Å². The van der Waals surface area contributed by atoms with Gasteiger partial charge in [-0.15, -0.1) is 0 Å². The Balaban J connectivity index is 3.68. The summed E-state index contributed by atoms with van der Waals surface area (Å²) in [5, 5.41) is 0. The molecule has 1 unspecified atom stereocenters. The Hall–Kier alpha value is -0.270. The Morgan fingerprint density at radius 2 is 2.20 bits per heavy atom. The smallest absolute Gasteiger partial charge is 0.375 e. The lowest BCUT2D eigenvalue weighted by Crippen LogP contribution is -1.83. The maximum atomic E-state index is 10.7. The first-order valence-corrected chi connectivity index (χ1v) is 5.04. The monoisotopic (exact) mass is 164 g/mol. The van der Waals surface area contributed by atoms with Gasteiger partial charge in [-0.2, -0.15) is 0 Å². The topological polar surface area (TPSA) is 46.5 Å². The van der Waals surface area contributed by atoms with Crippen LogP contribution in [0.4, 0.5) is 0 Å². The predicted octanol–water partition coefficient (Wildman–Crippen LogP) is 2.13. The van der Waals surface area contributed by atoms with Gasteiger partial charge in [0, 0.05) is 0 Å². The van der Waals surface area contributed by atoms with Crippen LogP contribution < -0.4 is 0 Å². The third-order valence-electron chi connectivity index (χ3n) is 0.957. The Morgan fingerprint density at radius 3 is 2.60 bits per heavy atom. The Bertz CT molecular complexity index is 153. The van der Waals surface area contributed by atoms with Gasteiger partial charge in [0.15, 0.2) is 0 Å². The fourth-order valence-corrected chi connectivity index (χ4v) is 0.734. The SMILES string of the molecule is CCC=COP(=O)(O)CC. The van der Waals surface area contributed by atoms with E-state index >= 15 is 0 Å². The maximum absolute atomic E-state index is 10.7. The molecule has 10 heavy (non-hydrogen) atoms. The highest BCUT2D eigenvalue weighted by atomic mass is 31.2. The van der Waals surface area contributed by atoms with E-state index in [0.717, 1.165) is 6.42 Å². The summed E-state index contributed by atoms with van der Waals surface area (Å²) in [6, 6.07) is 0. The minimum absolute atomic E-state index is 0.154. The van der Waals surface area contributed by atoms with E-state index in [1.807, 2.05) is 6.92 Å². The van der Waals surface area contributed by atoms with E-state index in [0.29, 0.717) is 0 Å². The lowest BCUT2D eigenvalue weighted by molar-refractivity contribution is 0.349. The molecule has 0 bridgehead atoms. The lowest BCUT2D eigenvalue weighted by Gasteiger charge is -2.05. The normalized spacial score (nSPS) is 17.1. The zero-order valence-corrected chi connectivity index (χ0v) is 7.17. The molecule has 0 spiro atoms. The number of rotatable bonds is 4. The average Bonchev–Trinajstić information content (AvgIpc) is 1.89. The molecule has 60 valence electrons. The van der Waals surface area contributed by atoms with Gasteiger partial charge in [0.25, 0.3) is 0 Å². The molecule has 0 aromatic carbocycles. The average molecular weight is 164 g/mol. The molecule has 0 aromatic rings. The third kappa shape index (κ3) is 4.59. The first kappa shape index (κ1) is 9.73. The van der Waals surface area contributed by atoms with Crippen LogP contribution in [0.15, 0.2) is 12.3 Å². The molecule has 0 aromatic heterocycles. The molecule has 0 fully saturated rings. The molecule has 0 aliphatic rings. The van der Waals surface area contributed by atoms with E-state index in [2.05, 4.69) is 4.52 Å². The summed E-state index contributed by atoms with van der Waals surface area (Å²) >= 11 is 0. The van der Waals surface area contributed by atoms with Crippen molar-refractivity contribution >= 4 is 7.60 Å². The van der Waals surface area contributed by atoms with E-state index < -0.39 is 7.60 Å². The molecule has 0 saturated heterocycles. The third-order valence-corrected chi connectivity index (χ3v) is 2.21. The van der Waals surface area contributed by atoms with Crippen LogP contribution >= 0.6 is 7.60 Å². The Morgan fingerprint density at radius 1 is 1.60 bits per heavy atom. The number of allylic oxidation sites excluding steroid dienone is 1. The van der Waals surface area contributed by atoms with Crippen molar-refractivity contribution in [3.8, 4) is 0 Å². The zero-order valence-electron chi connectivity index (χ0n) is 6.28. The second kappa shape index (κ2) is 4.53. The maximum Gasteiger partial charge on any atom is 0.375 e. The predicted molar refractivity (Wildman–Crippen MR) is 40.9 cm³/mol. The molecule has 1 atom stereocenters. The van der Waals surface area contributed by atoms with E-state index in [-0.39, 0.29) is 6.16 Å². The molecule has 3 nitrogen and oxygen atoms in total. The summed E-state index contributed by atoms with van der Waals surface area (Å²) < 4.78 is 15.3. The minimum Gasteiger partial charge on any atom is -0.433 e. The summed E-state index contributed by atoms with van der Waals surface area (Å²) in [6.45, 7) is 3.54. The fraction of sp³-hybridized carbons (Fsp3) is 0.667. The summed E-state index contributed by atoms with van der Waals surface area (Å²) in [7, 11) is -3.29. The van der Waals surface area contributed by atoms with Crippen LogP contribution in [0.25, 0.3) is 0 Å². The summed E-state index contributed by atoms with van der Waals surface area (Å²) in [5.41, 5.74) is 0. The molecule has 0 heterocycles. The van der Waals surface area contributed by atoms with Crippen LogP contribution in [0, 0.1) is 0 Å². The summed E-state index contributed by atoms with van der Waals surface area (Å²) in [6.07, 6.45) is 3.94. The van der Waals surface area contributed by atoms with Crippen molar-refractivity contribution in [3.05, 3.63) is 12.3 Å². The first-order valence-electron chi connectivity index (χ1n) is 3.27. The standard InChI is InChI=1S/C6H13O3P/c1-3-5-6-9-10(7,8)4-2/h5-6H,3-4H2,1-2H3,(H,7,8). The molecule has 1 N–H and O–H groups in total. The van der Waals surface area contributed by atoms with Crippen molar-refractivity contribution in [2.75, 3.05) is 6.16 Å². The van der Waals surface area contributed by atoms with Gasteiger partial charge in [0.05, 0.1) is 12.4 Å². The van der Waals surface area contributed by atoms with Crippen LogP contribution in [0.1, 0.15) is 20.3 Å². The quantitative estimate of drug-likeness (QED) is 0.511. The number of hydrogen-bond acceptors (Lipinski definition) is 2.